The third-order valence-corrected chi connectivity index (χ3v) is 4.82. The zero-order chi connectivity index (χ0) is 16.1. The summed E-state index contributed by atoms with van der Waals surface area (Å²) in [5, 5.41) is 5.90. The molecule has 0 atom stereocenters. The van der Waals surface area contributed by atoms with Crippen LogP contribution in [0.4, 0.5) is 0 Å². The van der Waals surface area contributed by atoms with Crippen molar-refractivity contribution in [3.05, 3.63) is 69.1 Å². The smallest absolute Gasteiger partial charge is 0.252 e. The van der Waals surface area contributed by atoms with Gasteiger partial charge in [-0.2, -0.15) is 0 Å². The highest BCUT2D eigenvalue weighted by molar-refractivity contribution is 9.10. The molecule has 3 rings (SSSR count). The minimum Gasteiger partial charge on any atom is -0.352 e. The van der Waals surface area contributed by atoms with E-state index < -0.39 is 0 Å². The number of hydrogen-bond acceptors (Lipinski definition) is 4. The molecule has 0 radical (unpaired) electrons. The molecule has 1 amide bonds. The average molecular weight is 388 g/mol. The van der Waals surface area contributed by atoms with Crippen molar-refractivity contribution in [3.63, 3.8) is 0 Å². The second-order valence-electron chi connectivity index (χ2n) is 4.83. The molecule has 2 aromatic heterocycles. The van der Waals surface area contributed by atoms with Gasteiger partial charge in [-0.05, 0) is 40.2 Å². The van der Waals surface area contributed by atoms with Crippen molar-refractivity contribution >= 4 is 33.2 Å². The molecule has 1 aromatic carbocycles. The van der Waals surface area contributed by atoms with Crippen molar-refractivity contribution < 1.29 is 4.79 Å². The summed E-state index contributed by atoms with van der Waals surface area (Å²) >= 11 is 4.97. The molecule has 0 aliphatic heterocycles. The van der Waals surface area contributed by atoms with Crippen LogP contribution in [0.5, 0.6) is 0 Å². The van der Waals surface area contributed by atoms with E-state index in [0.717, 1.165) is 20.9 Å². The Labute approximate surface area is 146 Å². The predicted molar refractivity (Wildman–Crippen MR) is 95.5 cm³/mol. The number of amides is 1. The minimum absolute atomic E-state index is 0.0843. The van der Waals surface area contributed by atoms with E-state index in [1.807, 2.05) is 41.8 Å². The Morgan fingerprint density at radius 1 is 1.13 bits per heavy atom. The van der Waals surface area contributed by atoms with Crippen molar-refractivity contribution in [1.29, 1.82) is 0 Å². The van der Waals surface area contributed by atoms with Gasteiger partial charge < -0.3 is 5.32 Å². The number of rotatable bonds is 5. The van der Waals surface area contributed by atoms with Crippen LogP contribution in [0.3, 0.4) is 0 Å². The van der Waals surface area contributed by atoms with Crippen LogP contribution in [0.25, 0.3) is 11.4 Å². The van der Waals surface area contributed by atoms with Crippen molar-refractivity contribution in [2.75, 3.05) is 6.54 Å². The molecule has 0 unspecified atom stereocenters. The molecule has 2 heterocycles. The molecule has 116 valence electrons. The topological polar surface area (TPSA) is 54.9 Å². The third kappa shape index (κ3) is 4.03. The minimum atomic E-state index is -0.0843. The number of pyridine rings is 1. The van der Waals surface area contributed by atoms with Crippen LogP contribution in [0, 0.1) is 0 Å². The molecule has 0 saturated heterocycles. The van der Waals surface area contributed by atoms with E-state index in [9.17, 15) is 4.79 Å². The number of thiazole rings is 1. The maximum Gasteiger partial charge on any atom is 0.252 e. The number of nitrogens with zero attached hydrogens (tertiary/aromatic N) is 2. The molecular weight excluding hydrogens is 374 g/mol. The van der Waals surface area contributed by atoms with Gasteiger partial charge in [0.2, 0.25) is 0 Å². The van der Waals surface area contributed by atoms with E-state index in [4.69, 9.17) is 0 Å². The summed E-state index contributed by atoms with van der Waals surface area (Å²) in [6.07, 6.45) is 2.46. The Hall–Kier alpha value is -2.05. The Bertz CT molecular complexity index is 804. The molecule has 4 nitrogen and oxygen atoms in total. The van der Waals surface area contributed by atoms with Gasteiger partial charge in [-0.15, -0.1) is 11.3 Å². The second kappa shape index (κ2) is 7.48. The lowest BCUT2D eigenvalue weighted by molar-refractivity contribution is 0.0953. The van der Waals surface area contributed by atoms with Gasteiger partial charge in [-0.25, -0.2) is 4.98 Å². The van der Waals surface area contributed by atoms with Crippen LogP contribution < -0.4 is 5.32 Å². The lowest BCUT2D eigenvalue weighted by atomic mass is 10.2. The number of benzene rings is 1. The zero-order valence-corrected chi connectivity index (χ0v) is 14.6. The van der Waals surface area contributed by atoms with E-state index in [0.29, 0.717) is 18.5 Å². The van der Waals surface area contributed by atoms with Gasteiger partial charge in [-0.3, -0.25) is 9.78 Å². The van der Waals surface area contributed by atoms with Crippen LogP contribution >= 0.6 is 27.3 Å². The maximum atomic E-state index is 12.1. The van der Waals surface area contributed by atoms with Crippen LogP contribution in [0.2, 0.25) is 0 Å². The van der Waals surface area contributed by atoms with Gasteiger partial charge in [0.25, 0.3) is 5.91 Å². The number of carbonyl (C=O) groups is 1. The molecule has 1 N–H and O–H groups in total. The van der Waals surface area contributed by atoms with Crippen molar-refractivity contribution in [2.24, 2.45) is 0 Å². The fourth-order valence-corrected chi connectivity index (χ4v) is 3.34. The first-order valence-electron chi connectivity index (χ1n) is 7.12. The van der Waals surface area contributed by atoms with E-state index >= 15 is 0 Å². The SMILES string of the molecule is O=C(NCCc1nc(-c2ccccn2)cs1)c1ccccc1Br. The van der Waals surface area contributed by atoms with E-state index in [2.05, 4.69) is 31.2 Å². The van der Waals surface area contributed by atoms with Crippen LogP contribution in [-0.4, -0.2) is 22.4 Å². The normalized spacial score (nSPS) is 10.5. The summed E-state index contributed by atoms with van der Waals surface area (Å²) in [6.45, 7) is 0.551. The first-order valence-corrected chi connectivity index (χ1v) is 8.80. The Kier molecular flexibility index (Phi) is 5.15. The van der Waals surface area contributed by atoms with Gasteiger partial charge in [0.15, 0.2) is 0 Å². The standard InChI is InChI=1S/C17H14BrN3OS/c18-13-6-2-1-5-12(13)17(22)20-10-8-16-21-15(11-23-16)14-7-3-4-9-19-14/h1-7,9,11H,8,10H2,(H,20,22). The molecule has 3 aromatic rings. The molecule has 0 spiro atoms. The molecule has 0 saturated carbocycles. The largest absolute Gasteiger partial charge is 0.352 e. The Balaban J connectivity index is 1.56. The highest BCUT2D eigenvalue weighted by Gasteiger charge is 2.09. The van der Waals surface area contributed by atoms with Gasteiger partial charge in [0.1, 0.15) is 0 Å². The lowest BCUT2D eigenvalue weighted by Gasteiger charge is -2.05. The summed E-state index contributed by atoms with van der Waals surface area (Å²) in [6, 6.07) is 13.1. The van der Waals surface area contributed by atoms with Crippen molar-refractivity contribution in [2.45, 2.75) is 6.42 Å². The van der Waals surface area contributed by atoms with Gasteiger partial charge in [0.05, 0.1) is 22.0 Å². The average Bonchev–Trinajstić information content (AvgIpc) is 3.05. The Morgan fingerprint density at radius 2 is 1.96 bits per heavy atom. The van der Waals surface area contributed by atoms with Crippen LogP contribution in [0.1, 0.15) is 15.4 Å². The first kappa shape index (κ1) is 15.8. The molecule has 0 aliphatic rings. The van der Waals surface area contributed by atoms with Gasteiger partial charge in [-0.1, -0.05) is 18.2 Å². The van der Waals surface area contributed by atoms with Gasteiger partial charge in [0, 0.05) is 29.0 Å². The number of hydrogen-bond donors (Lipinski definition) is 1. The highest BCUT2D eigenvalue weighted by atomic mass is 79.9. The molecular formula is C17H14BrN3OS. The van der Waals surface area contributed by atoms with Crippen molar-refractivity contribution in [3.8, 4) is 11.4 Å². The molecule has 23 heavy (non-hydrogen) atoms. The molecule has 0 aliphatic carbocycles. The second-order valence-corrected chi connectivity index (χ2v) is 6.62. The first-order chi connectivity index (χ1) is 11.2. The highest BCUT2D eigenvalue weighted by Crippen LogP contribution is 2.20. The predicted octanol–water partition coefficient (Wildman–Crippen LogP) is 3.94. The van der Waals surface area contributed by atoms with E-state index in [-0.39, 0.29) is 5.91 Å². The molecule has 0 fully saturated rings. The van der Waals surface area contributed by atoms with Crippen molar-refractivity contribution in [1.82, 2.24) is 15.3 Å². The monoisotopic (exact) mass is 387 g/mol. The van der Waals surface area contributed by atoms with E-state index in [1.54, 1.807) is 23.6 Å². The number of carbonyl (C=O) groups excluding carboxylic acids is 1. The van der Waals surface area contributed by atoms with E-state index in [1.165, 1.54) is 0 Å². The number of nitrogens with one attached hydrogen (secondary N) is 1. The third-order valence-electron chi connectivity index (χ3n) is 3.22. The zero-order valence-electron chi connectivity index (χ0n) is 12.2. The van der Waals surface area contributed by atoms with Crippen LogP contribution in [-0.2, 0) is 6.42 Å². The fraction of sp³-hybridized carbons (Fsp3) is 0.118. The summed E-state index contributed by atoms with van der Waals surface area (Å²) in [5.41, 5.74) is 2.38. The summed E-state index contributed by atoms with van der Waals surface area (Å²) < 4.78 is 0.796. The summed E-state index contributed by atoms with van der Waals surface area (Å²) in [7, 11) is 0. The number of halogens is 1. The molecule has 6 heteroatoms. The number of aromatic nitrogens is 2. The Morgan fingerprint density at radius 3 is 2.74 bits per heavy atom. The fourth-order valence-electron chi connectivity index (χ4n) is 2.08. The van der Waals surface area contributed by atoms with Gasteiger partial charge >= 0.3 is 0 Å². The summed E-state index contributed by atoms with van der Waals surface area (Å²) in [5.74, 6) is -0.0843. The molecule has 0 bridgehead atoms. The maximum absolute atomic E-state index is 12.1. The lowest BCUT2D eigenvalue weighted by Crippen LogP contribution is -2.25. The summed E-state index contributed by atoms with van der Waals surface area (Å²) in [4.78, 5) is 21.0. The quantitative estimate of drug-likeness (QED) is 0.721. The van der Waals surface area contributed by atoms with Crippen LogP contribution in [0.15, 0.2) is 58.5 Å².